The van der Waals surface area contributed by atoms with E-state index >= 15 is 0 Å². The molecular weight excluding hydrogens is 190 g/mol. The minimum atomic E-state index is -0.303. The number of benzene rings is 1. The molecule has 1 aliphatic rings. The van der Waals surface area contributed by atoms with E-state index in [1.807, 2.05) is 31.2 Å². The van der Waals surface area contributed by atoms with Gasteiger partial charge in [0.15, 0.2) is 0 Å². The third kappa shape index (κ3) is 1.56. The van der Waals surface area contributed by atoms with E-state index < -0.39 is 0 Å². The number of rotatable bonds is 1. The van der Waals surface area contributed by atoms with Crippen LogP contribution in [0.1, 0.15) is 18.1 Å². The highest BCUT2D eigenvalue weighted by atomic mass is 16.2. The van der Waals surface area contributed by atoms with Crippen molar-refractivity contribution in [1.82, 2.24) is 5.32 Å². The van der Waals surface area contributed by atoms with Gasteiger partial charge in [-0.25, -0.2) is 0 Å². The summed E-state index contributed by atoms with van der Waals surface area (Å²) < 4.78 is 0. The molecule has 2 amide bonds. The van der Waals surface area contributed by atoms with Gasteiger partial charge in [0.1, 0.15) is 0 Å². The Morgan fingerprint density at radius 2 is 1.80 bits per heavy atom. The monoisotopic (exact) mass is 201 g/mol. The molecule has 0 aromatic heterocycles. The maximum absolute atomic E-state index is 11.5. The summed E-state index contributed by atoms with van der Waals surface area (Å²) in [5, 5.41) is 2.28. The average Bonchev–Trinajstić information content (AvgIpc) is 2.41. The summed E-state index contributed by atoms with van der Waals surface area (Å²) in [7, 11) is 0. The van der Waals surface area contributed by atoms with E-state index in [9.17, 15) is 9.59 Å². The highest BCUT2D eigenvalue weighted by Gasteiger charge is 2.27. The predicted octanol–water partition coefficient (Wildman–Crippen LogP) is 1.42. The lowest BCUT2D eigenvalue weighted by Crippen LogP contribution is -2.22. The molecule has 15 heavy (non-hydrogen) atoms. The minimum absolute atomic E-state index is 0.295. The molecule has 3 heteroatoms. The fourth-order valence-corrected chi connectivity index (χ4v) is 1.69. The molecule has 0 radical (unpaired) electrons. The molecule has 0 fully saturated rings. The Hall–Kier alpha value is -1.90. The van der Waals surface area contributed by atoms with Crippen molar-refractivity contribution < 1.29 is 9.59 Å². The van der Waals surface area contributed by atoms with Gasteiger partial charge in [0.05, 0.1) is 5.57 Å². The summed E-state index contributed by atoms with van der Waals surface area (Å²) in [5.74, 6) is -0.598. The van der Waals surface area contributed by atoms with Gasteiger partial charge < -0.3 is 0 Å². The van der Waals surface area contributed by atoms with Crippen LogP contribution in [0, 0.1) is 6.92 Å². The van der Waals surface area contributed by atoms with Crippen LogP contribution in [0.3, 0.4) is 0 Å². The van der Waals surface area contributed by atoms with Gasteiger partial charge in [-0.15, -0.1) is 0 Å². The van der Waals surface area contributed by atoms with E-state index in [4.69, 9.17) is 0 Å². The van der Waals surface area contributed by atoms with Gasteiger partial charge in [-0.1, -0.05) is 29.8 Å². The third-order valence-electron chi connectivity index (χ3n) is 2.48. The number of hydrogen-bond donors (Lipinski definition) is 1. The zero-order valence-corrected chi connectivity index (χ0v) is 8.63. The quantitative estimate of drug-likeness (QED) is 0.698. The van der Waals surface area contributed by atoms with E-state index in [0.717, 1.165) is 11.1 Å². The molecule has 1 heterocycles. The second-order valence-electron chi connectivity index (χ2n) is 3.65. The normalized spacial score (nSPS) is 15.9. The Labute approximate surface area is 87.8 Å². The first-order valence-corrected chi connectivity index (χ1v) is 4.73. The maximum Gasteiger partial charge on any atom is 0.259 e. The minimum Gasteiger partial charge on any atom is -0.288 e. The summed E-state index contributed by atoms with van der Waals surface area (Å²) in [6, 6.07) is 7.57. The summed E-state index contributed by atoms with van der Waals surface area (Å²) in [5.41, 5.74) is 2.85. The van der Waals surface area contributed by atoms with Gasteiger partial charge in [-0.05, 0) is 19.4 Å². The van der Waals surface area contributed by atoms with E-state index in [1.165, 1.54) is 0 Å². The third-order valence-corrected chi connectivity index (χ3v) is 2.48. The summed E-state index contributed by atoms with van der Waals surface area (Å²) in [6.45, 7) is 3.62. The molecule has 1 N–H and O–H groups in total. The van der Waals surface area contributed by atoms with Crippen molar-refractivity contribution in [1.29, 1.82) is 0 Å². The van der Waals surface area contributed by atoms with Gasteiger partial charge in [0.2, 0.25) is 0 Å². The van der Waals surface area contributed by atoms with Crippen LogP contribution in [-0.4, -0.2) is 11.8 Å². The van der Waals surface area contributed by atoms with Gasteiger partial charge in [-0.3, -0.25) is 14.9 Å². The van der Waals surface area contributed by atoms with Crippen molar-refractivity contribution in [2.24, 2.45) is 0 Å². The van der Waals surface area contributed by atoms with Crippen LogP contribution in [-0.2, 0) is 9.59 Å². The fraction of sp³-hybridized carbons (Fsp3) is 0.167. The molecule has 0 aliphatic carbocycles. The van der Waals surface area contributed by atoms with Crippen molar-refractivity contribution in [3.05, 3.63) is 41.0 Å². The lowest BCUT2D eigenvalue weighted by Gasteiger charge is -2.02. The molecule has 1 aliphatic heterocycles. The molecule has 1 aromatic carbocycles. The van der Waals surface area contributed by atoms with Crippen molar-refractivity contribution in [3.63, 3.8) is 0 Å². The molecule has 1 aromatic rings. The van der Waals surface area contributed by atoms with Gasteiger partial charge in [-0.2, -0.15) is 0 Å². The number of amides is 2. The molecule has 0 bridgehead atoms. The van der Waals surface area contributed by atoms with Crippen LogP contribution < -0.4 is 5.32 Å². The predicted molar refractivity (Wildman–Crippen MR) is 56.9 cm³/mol. The first-order chi connectivity index (χ1) is 7.09. The molecule has 0 unspecified atom stereocenters. The molecule has 0 spiro atoms. The van der Waals surface area contributed by atoms with Crippen LogP contribution in [0.15, 0.2) is 29.8 Å². The largest absolute Gasteiger partial charge is 0.288 e. The number of carbonyl (C=O) groups excluding carboxylic acids is 2. The summed E-state index contributed by atoms with van der Waals surface area (Å²) >= 11 is 0. The first kappa shape index (κ1) is 9.65. The van der Waals surface area contributed by atoms with Crippen molar-refractivity contribution in [3.8, 4) is 0 Å². The van der Waals surface area contributed by atoms with E-state index in [0.29, 0.717) is 11.1 Å². The van der Waals surface area contributed by atoms with Crippen LogP contribution in [0.5, 0.6) is 0 Å². The molecule has 3 nitrogen and oxygen atoms in total. The molecule has 2 rings (SSSR count). The van der Waals surface area contributed by atoms with Crippen LogP contribution in [0.2, 0.25) is 0 Å². The summed E-state index contributed by atoms with van der Waals surface area (Å²) in [6.07, 6.45) is 0. The average molecular weight is 201 g/mol. The van der Waals surface area contributed by atoms with E-state index in [2.05, 4.69) is 5.32 Å². The maximum atomic E-state index is 11.5. The second kappa shape index (κ2) is 3.35. The molecule has 76 valence electrons. The Morgan fingerprint density at radius 1 is 1.07 bits per heavy atom. The standard InChI is InChI=1S/C12H11NO2/c1-7-4-3-5-9(6-7)10-8(2)11(14)13-12(10)15/h3-6H,1-2H3,(H,13,14,15). The Morgan fingerprint density at radius 3 is 2.33 bits per heavy atom. The molecular formula is C12H11NO2. The van der Waals surface area contributed by atoms with E-state index in [-0.39, 0.29) is 11.8 Å². The zero-order chi connectivity index (χ0) is 11.0. The SMILES string of the molecule is CC1=C(c2cccc(C)c2)C(=O)NC1=O. The Balaban J connectivity index is 2.56. The van der Waals surface area contributed by atoms with Gasteiger partial charge in [0, 0.05) is 5.57 Å². The number of nitrogens with one attached hydrogen (secondary N) is 1. The molecule has 0 atom stereocenters. The lowest BCUT2D eigenvalue weighted by molar-refractivity contribution is -0.123. The van der Waals surface area contributed by atoms with Crippen LogP contribution in [0.25, 0.3) is 5.57 Å². The highest BCUT2D eigenvalue weighted by Crippen LogP contribution is 2.23. The topological polar surface area (TPSA) is 46.2 Å². The molecule has 0 saturated carbocycles. The molecule has 0 saturated heterocycles. The van der Waals surface area contributed by atoms with Crippen molar-refractivity contribution >= 4 is 17.4 Å². The first-order valence-electron chi connectivity index (χ1n) is 4.73. The number of carbonyl (C=O) groups is 2. The summed E-state index contributed by atoms with van der Waals surface area (Å²) in [4.78, 5) is 22.8. The number of imide groups is 1. The number of hydrogen-bond acceptors (Lipinski definition) is 2. The smallest absolute Gasteiger partial charge is 0.259 e. The van der Waals surface area contributed by atoms with Crippen molar-refractivity contribution in [2.75, 3.05) is 0 Å². The fourth-order valence-electron chi connectivity index (χ4n) is 1.69. The second-order valence-corrected chi connectivity index (χ2v) is 3.65. The Bertz CT molecular complexity index is 486. The van der Waals surface area contributed by atoms with Gasteiger partial charge >= 0.3 is 0 Å². The van der Waals surface area contributed by atoms with Gasteiger partial charge in [0.25, 0.3) is 11.8 Å². The lowest BCUT2D eigenvalue weighted by atomic mass is 10.0. The van der Waals surface area contributed by atoms with Crippen LogP contribution in [0.4, 0.5) is 0 Å². The highest BCUT2D eigenvalue weighted by molar-refractivity contribution is 6.35. The van der Waals surface area contributed by atoms with E-state index in [1.54, 1.807) is 6.92 Å². The number of aryl methyl sites for hydroxylation is 1. The Kier molecular flexibility index (Phi) is 2.15. The van der Waals surface area contributed by atoms with Crippen LogP contribution >= 0.6 is 0 Å². The zero-order valence-electron chi connectivity index (χ0n) is 8.63. The van der Waals surface area contributed by atoms with Crippen molar-refractivity contribution in [2.45, 2.75) is 13.8 Å².